The van der Waals surface area contributed by atoms with E-state index in [9.17, 15) is 31.1 Å². The summed E-state index contributed by atoms with van der Waals surface area (Å²) in [5, 5.41) is 0.381. The fourth-order valence-corrected chi connectivity index (χ4v) is 5.29. The molecule has 1 aromatic carbocycles. The normalized spacial score (nSPS) is 26.1. The molecule has 204 valence electrons. The van der Waals surface area contributed by atoms with Crippen molar-refractivity contribution in [1.82, 2.24) is 9.97 Å². The second-order valence-corrected chi connectivity index (χ2v) is 9.89. The van der Waals surface area contributed by atoms with Gasteiger partial charge in [0.1, 0.15) is 17.6 Å². The Morgan fingerprint density at radius 2 is 1.82 bits per heavy atom. The lowest BCUT2D eigenvalue weighted by molar-refractivity contribution is -0.275. The summed E-state index contributed by atoms with van der Waals surface area (Å²) in [6.07, 6.45) is -7.71. The molecule has 6 nitrogen and oxygen atoms in total. The molecule has 1 saturated carbocycles. The summed E-state index contributed by atoms with van der Waals surface area (Å²) in [5.41, 5.74) is -1.67. The molecular formula is C26H24F6N2O4. The van der Waals surface area contributed by atoms with Gasteiger partial charge in [0.05, 0.1) is 23.7 Å². The van der Waals surface area contributed by atoms with Crippen molar-refractivity contribution in [2.75, 3.05) is 7.11 Å². The molecule has 1 aliphatic heterocycles. The van der Waals surface area contributed by atoms with E-state index in [1.807, 2.05) is 0 Å². The molecule has 5 rings (SSSR count). The first-order valence-corrected chi connectivity index (χ1v) is 11.9. The average Bonchev–Trinajstić information content (AvgIpc) is 3.63. The molecule has 0 unspecified atom stereocenters. The number of H-pyrrole nitrogens is 1. The van der Waals surface area contributed by atoms with Crippen LogP contribution in [0.4, 0.5) is 26.3 Å². The summed E-state index contributed by atoms with van der Waals surface area (Å²) >= 11 is 0. The first kappa shape index (κ1) is 26.3. The molecule has 0 radical (unpaired) electrons. The predicted octanol–water partition coefficient (Wildman–Crippen LogP) is 6.52. The van der Waals surface area contributed by atoms with E-state index in [2.05, 4.69) is 14.7 Å². The van der Waals surface area contributed by atoms with Gasteiger partial charge in [-0.05, 0) is 31.9 Å². The van der Waals surface area contributed by atoms with Crippen molar-refractivity contribution in [3.05, 3.63) is 63.7 Å². The van der Waals surface area contributed by atoms with E-state index in [4.69, 9.17) is 9.47 Å². The van der Waals surface area contributed by atoms with Crippen molar-refractivity contribution in [1.29, 1.82) is 0 Å². The number of fused-ring (bicyclic) bond motifs is 1. The van der Waals surface area contributed by atoms with Gasteiger partial charge in [0.15, 0.2) is 11.0 Å². The van der Waals surface area contributed by atoms with E-state index in [-0.39, 0.29) is 22.9 Å². The highest BCUT2D eigenvalue weighted by Gasteiger charge is 2.65. The number of hydrogen-bond acceptors (Lipinski definition) is 5. The number of nitrogens with zero attached hydrogens (tertiary/aromatic N) is 1. The van der Waals surface area contributed by atoms with Gasteiger partial charge in [0.25, 0.3) is 0 Å². The minimum atomic E-state index is -4.97. The number of benzene rings is 1. The number of nitrogens with one attached hydrogen (secondary N) is 1. The van der Waals surface area contributed by atoms with Crippen LogP contribution >= 0.6 is 0 Å². The van der Waals surface area contributed by atoms with Crippen LogP contribution in [-0.4, -0.2) is 35.2 Å². The summed E-state index contributed by atoms with van der Waals surface area (Å²) in [4.78, 5) is 20.6. The van der Waals surface area contributed by atoms with Gasteiger partial charge in [0.2, 0.25) is 0 Å². The van der Waals surface area contributed by atoms with Crippen LogP contribution in [0.5, 0.6) is 11.5 Å². The van der Waals surface area contributed by atoms with Gasteiger partial charge in [-0.15, -0.1) is 13.2 Å². The summed E-state index contributed by atoms with van der Waals surface area (Å²) in [6.45, 7) is 2.28. The Hall–Kier alpha value is -3.28. The van der Waals surface area contributed by atoms with Gasteiger partial charge < -0.3 is 19.2 Å². The molecule has 0 bridgehead atoms. The Morgan fingerprint density at radius 3 is 2.42 bits per heavy atom. The van der Waals surface area contributed by atoms with Crippen molar-refractivity contribution in [3.8, 4) is 11.5 Å². The Bertz CT molecular complexity index is 1430. The predicted molar refractivity (Wildman–Crippen MR) is 124 cm³/mol. The Labute approximate surface area is 212 Å². The first-order chi connectivity index (χ1) is 17.7. The largest absolute Gasteiger partial charge is 0.573 e. The monoisotopic (exact) mass is 542 g/mol. The lowest BCUT2D eigenvalue weighted by Gasteiger charge is -2.32. The zero-order chi connectivity index (χ0) is 27.6. The van der Waals surface area contributed by atoms with Crippen LogP contribution in [-0.2, 0) is 4.74 Å². The third-order valence-corrected chi connectivity index (χ3v) is 7.53. The maximum absolute atomic E-state index is 14.3. The zero-order valence-corrected chi connectivity index (χ0v) is 20.5. The molecule has 3 heterocycles. The summed E-state index contributed by atoms with van der Waals surface area (Å²) in [7, 11) is 1.19. The van der Waals surface area contributed by atoms with Crippen molar-refractivity contribution >= 4 is 10.9 Å². The summed E-state index contributed by atoms with van der Waals surface area (Å²) in [5.74, 6) is -2.79. The smallest absolute Gasteiger partial charge is 0.496 e. The van der Waals surface area contributed by atoms with Gasteiger partial charge in [-0.3, -0.25) is 9.78 Å². The maximum atomic E-state index is 14.3. The lowest BCUT2D eigenvalue weighted by atomic mass is 9.76. The van der Waals surface area contributed by atoms with Crippen LogP contribution < -0.4 is 14.9 Å². The van der Waals surface area contributed by atoms with Crippen LogP contribution in [0.1, 0.15) is 61.6 Å². The van der Waals surface area contributed by atoms with Crippen LogP contribution in [0.3, 0.4) is 0 Å². The van der Waals surface area contributed by atoms with Crippen molar-refractivity contribution in [2.24, 2.45) is 5.92 Å². The maximum Gasteiger partial charge on any atom is 0.573 e. The Kier molecular flexibility index (Phi) is 6.16. The number of hydrogen-bond donors (Lipinski definition) is 1. The molecule has 0 spiro atoms. The van der Waals surface area contributed by atoms with E-state index >= 15 is 0 Å². The minimum absolute atomic E-state index is 0.105. The van der Waals surface area contributed by atoms with Crippen molar-refractivity contribution in [2.45, 2.75) is 62.8 Å². The first-order valence-electron chi connectivity index (χ1n) is 11.9. The topological polar surface area (TPSA) is 73.4 Å². The molecule has 1 saturated heterocycles. The van der Waals surface area contributed by atoms with E-state index in [0.717, 1.165) is 31.9 Å². The highest BCUT2D eigenvalue weighted by atomic mass is 19.4. The van der Waals surface area contributed by atoms with Gasteiger partial charge in [-0.2, -0.15) is 13.2 Å². The molecular weight excluding hydrogens is 518 g/mol. The molecule has 0 amide bonds. The fourth-order valence-electron chi connectivity index (χ4n) is 5.29. The molecule has 4 atom stereocenters. The number of rotatable bonds is 5. The van der Waals surface area contributed by atoms with E-state index in [1.165, 1.54) is 32.4 Å². The number of alkyl halides is 6. The van der Waals surface area contributed by atoms with Gasteiger partial charge >= 0.3 is 12.5 Å². The average molecular weight is 542 g/mol. The highest BCUT2D eigenvalue weighted by molar-refractivity contribution is 5.81. The Morgan fingerprint density at radius 1 is 1.11 bits per heavy atom. The second kappa shape index (κ2) is 8.89. The molecule has 2 aliphatic rings. The molecule has 2 aromatic heterocycles. The van der Waals surface area contributed by atoms with Gasteiger partial charge in [-0.1, -0.05) is 13.0 Å². The third-order valence-electron chi connectivity index (χ3n) is 7.53. The fraction of sp³-hybridized carbons (Fsp3) is 0.462. The molecule has 1 N–H and O–H groups in total. The summed E-state index contributed by atoms with van der Waals surface area (Å²) < 4.78 is 96.1. The van der Waals surface area contributed by atoms with Gasteiger partial charge in [0, 0.05) is 47.3 Å². The second-order valence-electron chi connectivity index (χ2n) is 9.89. The summed E-state index contributed by atoms with van der Waals surface area (Å²) in [6, 6.07) is 6.00. The van der Waals surface area contributed by atoms with Crippen molar-refractivity contribution < 1.29 is 40.6 Å². The van der Waals surface area contributed by atoms with E-state index < -0.39 is 47.3 Å². The molecule has 1 aliphatic carbocycles. The van der Waals surface area contributed by atoms with Crippen LogP contribution in [0.25, 0.3) is 10.9 Å². The van der Waals surface area contributed by atoms with Crippen LogP contribution in [0.2, 0.25) is 0 Å². The highest BCUT2D eigenvalue weighted by Crippen LogP contribution is 2.59. The molecule has 38 heavy (non-hydrogen) atoms. The van der Waals surface area contributed by atoms with E-state index in [1.54, 1.807) is 6.07 Å². The lowest BCUT2D eigenvalue weighted by Crippen LogP contribution is -2.46. The molecule has 2 fully saturated rings. The van der Waals surface area contributed by atoms with Crippen molar-refractivity contribution in [3.63, 3.8) is 0 Å². The zero-order valence-electron chi connectivity index (χ0n) is 20.5. The van der Waals surface area contributed by atoms with E-state index in [0.29, 0.717) is 16.6 Å². The number of pyridine rings is 2. The quantitative estimate of drug-likeness (QED) is 0.372. The Balaban J connectivity index is 1.65. The number of methoxy groups -OCH3 is 1. The number of ether oxygens (including phenoxy) is 3. The number of halogens is 6. The third kappa shape index (κ3) is 4.48. The SMILES string of the molecule is COc1cc(OC(F)(F)F)ccc1[C@H]1[C@H](c2cc(=O)c3c(C4CC4)nccc3[nH]2)O[C@@](C)(C(F)(F)F)[C@H]1C. The molecule has 12 heteroatoms. The standard InChI is InChI=1S/C26H24F6N2O4/c1-12-20(15-7-6-14(10-19(15)36-3)37-26(30,31)32)23(38-24(12,2)25(27,28)29)17-11-18(35)21-16(34-17)8-9-33-22(21)13-4-5-13/h6-13,20,23H,4-5H2,1-3H3,(H,34,35)/t12-,20-,23-,24+/m0/s1. The van der Waals surface area contributed by atoms with Crippen LogP contribution in [0.15, 0.2) is 41.3 Å². The van der Waals surface area contributed by atoms with Gasteiger partial charge in [-0.25, -0.2) is 0 Å². The van der Waals surface area contributed by atoms with Crippen LogP contribution in [0, 0.1) is 5.92 Å². The molecule has 3 aromatic rings. The number of aromatic amines is 1. The minimum Gasteiger partial charge on any atom is -0.496 e. The number of aromatic nitrogens is 2.